The Hall–Kier alpha value is -1.35. The van der Waals surface area contributed by atoms with Crippen molar-refractivity contribution in [3.05, 3.63) is 35.3 Å². The van der Waals surface area contributed by atoms with E-state index in [1.807, 2.05) is 13.0 Å². The summed E-state index contributed by atoms with van der Waals surface area (Å²) in [6, 6.07) is 3.55. The van der Waals surface area contributed by atoms with Crippen LogP contribution in [0.2, 0.25) is 5.15 Å². The van der Waals surface area contributed by atoms with Gasteiger partial charge in [-0.1, -0.05) is 18.2 Å². The monoisotopic (exact) mass is 193 g/mol. The summed E-state index contributed by atoms with van der Waals surface area (Å²) in [6.45, 7) is 5.62. The van der Waals surface area contributed by atoms with Gasteiger partial charge in [0.15, 0.2) is 5.65 Å². The Morgan fingerprint density at radius 2 is 2.31 bits per heavy atom. The van der Waals surface area contributed by atoms with Gasteiger partial charge in [0.1, 0.15) is 5.15 Å². The van der Waals surface area contributed by atoms with Gasteiger partial charge < -0.3 is 0 Å². The highest BCUT2D eigenvalue weighted by Crippen LogP contribution is 2.13. The number of imidazole rings is 1. The molecule has 0 saturated heterocycles. The van der Waals surface area contributed by atoms with Crippen molar-refractivity contribution < 1.29 is 0 Å². The molecule has 0 aliphatic heterocycles. The third-order valence-electron chi connectivity index (χ3n) is 1.86. The van der Waals surface area contributed by atoms with Crippen molar-refractivity contribution in [3.8, 4) is 0 Å². The maximum atomic E-state index is 5.76. The van der Waals surface area contributed by atoms with Crippen LogP contribution in [0.1, 0.15) is 11.4 Å². The van der Waals surface area contributed by atoms with E-state index in [0.717, 1.165) is 17.0 Å². The number of rotatable bonds is 1. The molecule has 0 bridgehead atoms. The molecular weight excluding hydrogens is 186 g/mol. The Morgan fingerprint density at radius 3 is 3.00 bits per heavy atom. The summed E-state index contributed by atoms with van der Waals surface area (Å²) in [6.07, 6.45) is 1.72. The molecule has 0 aromatic carbocycles. The summed E-state index contributed by atoms with van der Waals surface area (Å²) < 4.78 is 1.69. The largest absolute Gasteiger partial charge is 0.232 e. The van der Waals surface area contributed by atoms with Crippen LogP contribution in [-0.4, -0.2) is 14.6 Å². The van der Waals surface area contributed by atoms with Crippen molar-refractivity contribution in [3.63, 3.8) is 0 Å². The van der Waals surface area contributed by atoms with Gasteiger partial charge in [-0.3, -0.25) is 0 Å². The van der Waals surface area contributed by atoms with Crippen LogP contribution in [0.15, 0.2) is 18.7 Å². The molecule has 0 atom stereocenters. The average molecular weight is 194 g/mol. The van der Waals surface area contributed by atoms with E-state index in [1.165, 1.54) is 0 Å². The molecule has 0 fully saturated rings. The molecule has 0 saturated carbocycles. The zero-order valence-electron chi connectivity index (χ0n) is 7.16. The predicted octanol–water partition coefficient (Wildman–Crippen LogP) is 2.33. The van der Waals surface area contributed by atoms with Crippen LogP contribution in [0.25, 0.3) is 11.7 Å². The summed E-state index contributed by atoms with van der Waals surface area (Å²) >= 11 is 5.76. The highest BCUT2D eigenvalue weighted by Gasteiger charge is 2.05. The molecule has 4 heteroatoms. The first-order chi connectivity index (χ1) is 6.22. The van der Waals surface area contributed by atoms with Crippen LogP contribution in [0.5, 0.6) is 0 Å². The second-order valence-electron chi connectivity index (χ2n) is 2.71. The highest BCUT2D eigenvalue weighted by atomic mass is 35.5. The Kier molecular flexibility index (Phi) is 1.81. The van der Waals surface area contributed by atoms with E-state index < -0.39 is 0 Å². The summed E-state index contributed by atoms with van der Waals surface area (Å²) in [4.78, 5) is 4.30. The minimum atomic E-state index is 0.452. The van der Waals surface area contributed by atoms with Crippen LogP contribution < -0.4 is 0 Å². The summed E-state index contributed by atoms with van der Waals surface area (Å²) in [7, 11) is 0. The number of aromatic nitrogens is 3. The van der Waals surface area contributed by atoms with E-state index in [1.54, 1.807) is 16.7 Å². The molecule has 0 N–H and O–H groups in total. The van der Waals surface area contributed by atoms with Gasteiger partial charge in [0, 0.05) is 0 Å². The van der Waals surface area contributed by atoms with Crippen LogP contribution >= 0.6 is 11.6 Å². The lowest BCUT2D eigenvalue weighted by molar-refractivity contribution is 0.924. The second kappa shape index (κ2) is 2.85. The SMILES string of the molecule is C=Cc1c(C)nc2ccc(Cl)nn12. The Balaban J connectivity index is 2.88. The fourth-order valence-corrected chi connectivity index (χ4v) is 1.41. The topological polar surface area (TPSA) is 30.2 Å². The van der Waals surface area contributed by atoms with Crippen molar-refractivity contribution >= 4 is 23.3 Å². The van der Waals surface area contributed by atoms with Crippen molar-refractivity contribution in [2.75, 3.05) is 0 Å². The van der Waals surface area contributed by atoms with Crippen molar-refractivity contribution in [1.82, 2.24) is 14.6 Å². The first kappa shape index (κ1) is 8.26. The lowest BCUT2D eigenvalue weighted by Crippen LogP contribution is -1.93. The van der Waals surface area contributed by atoms with Crippen LogP contribution in [0.3, 0.4) is 0 Å². The fraction of sp³-hybridized carbons (Fsp3) is 0.111. The Labute approximate surface area is 80.7 Å². The van der Waals surface area contributed by atoms with Crippen molar-refractivity contribution in [2.24, 2.45) is 0 Å². The smallest absolute Gasteiger partial charge is 0.154 e. The normalized spacial score (nSPS) is 10.6. The Morgan fingerprint density at radius 1 is 1.54 bits per heavy atom. The zero-order valence-corrected chi connectivity index (χ0v) is 7.91. The number of hydrogen-bond acceptors (Lipinski definition) is 2. The summed E-state index contributed by atoms with van der Waals surface area (Å²) in [5.74, 6) is 0. The van der Waals surface area contributed by atoms with Crippen molar-refractivity contribution in [2.45, 2.75) is 6.92 Å². The number of fused-ring (bicyclic) bond motifs is 1. The molecule has 0 unspecified atom stereocenters. The minimum Gasteiger partial charge on any atom is -0.232 e. The van der Waals surface area contributed by atoms with E-state index in [2.05, 4.69) is 16.7 Å². The molecule has 2 aromatic heterocycles. The number of aryl methyl sites for hydroxylation is 1. The number of hydrogen-bond donors (Lipinski definition) is 0. The van der Waals surface area contributed by atoms with Gasteiger partial charge in [0.25, 0.3) is 0 Å². The molecule has 66 valence electrons. The number of nitrogens with zero attached hydrogens (tertiary/aromatic N) is 3. The van der Waals surface area contributed by atoms with Crippen molar-refractivity contribution in [1.29, 1.82) is 0 Å². The molecule has 3 nitrogen and oxygen atoms in total. The van der Waals surface area contributed by atoms with Gasteiger partial charge in [-0.05, 0) is 25.1 Å². The van der Waals surface area contributed by atoms with Gasteiger partial charge in [0.2, 0.25) is 0 Å². The average Bonchev–Trinajstić information content (AvgIpc) is 2.40. The lowest BCUT2D eigenvalue weighted by atomic mass is 10.3. The maximum absolute atomic E-state index is 5.76. The fourth-order valence-electron chi connectivity index (χ4n) is 1.27. The highest BCUT2D eigenvalue weighted by molar-refractivity contribution is 6.29. The van der Waals surface area contributed by atoms with E-state index in [9.17, 15) is 0 Å². The zero-order chi connectivity index (χ0) is 9.42. The summed E-state index contributed by atoms with van der Waals surface area (Å²) in [5, 5.41) is 4.57. The first-order valence-electron chi connectivity index (χ1n) is 3.86. The molecule has 2 rings (SSSR count). The van der Waals surface area contributed by atoms with Crippen LogP contribution in [0, 0.1) is 6.92 Å². The molecule has 13 heavy (non-hydrogen) atoms. The van der Waals surface area contributed by atoms with Crippen LogP contribution in [-0.2, 0) is 0 Å². The van der Waals surface area contributed by atoms with E-state index in [4.69, 9.17) is 11.6 Å². The lowest BCUT2D eigenvalue weighted by Gasteiger charge is -1.95. The molecule has 0 spiro atoms. The third-order valence-corrected chi connectivity index (χ3v) is 2.06. The molecule has 0 amide bonds. The number of halogens is 1. The molecule has 0 aliphatic carbocycles. The molecule has 0 aliphatic rings. The quantitative estimate of drug-likeness (QED) is 0.696. The standard InChI is InChI=1S/C9H8ClN3/c1-3-7-6(2)11-9-5-4-8(10)12-13(7)9/h3-5H,1H2,2H3. The minimum absolute atomic E-state index is 0.452. The van der Waals surface area contributed by atoms with Crippen LogP contribution in [0.4, 0.5) is 0 Å². The van der Waals surface area contributed by atoms with E-state index >= 15 is 0 Å². The summed E-state index contributed by atoms with van der Waals surface area (Å²) in [5.41, 5.74) is 2.58. The predicted molar refractivity (Wildman–Crippen MR) is 52.8 cm³/mol. The second-order valence-corrected chi connectivity index (χ2v) is 3.10. The van der Waals surface area contributed by atoms with Gasteiger partial charge in [-0.15, -0.1) is 0 Å². The molecule has 2 aromatic rings. The van der Waals surface area contributed by atoms with E-state index in [0.29, 0.717) is 5.15 Å². The maximum Gasteiger partial charge on any atom is 0.154 e. The van der Waals surface area contributed by atoms with Gasteiger partial charge in [-0.2, -0.15) is 5.10 Å². The third kappa shape index (κ3) is 1.21. The molecule has 2 heterocycles. The Bertz CT molecular complexity index is 473. The van der Waals surface area contributed by atoms with Gasteiger partial charge in [0.05, 0.1) is 11.4 Å². The van der Waals surface area contributed by atoms with Gasteiger partial charge in [-0.25, -0.2) is 9.50 Å². The molecular formula is C9H8ClN3. The molecule has 0 radical (unpaired) electrons. The van der Waals surface area contributed by atoms with E-state index in [-0.39, 0.29) is 0 Å². The van der Waals surface area contributed by atoms with Gasteiger partial charge >= 0.3 is 0 Å². The first-order valence-corrected chi connectivity index (χ1v) is 4.24.